The third-order valence-corrected chi connectivity index (χ3v) is 5.92. The van der Waals surface area contributed by atoms with Crippen molar-refractivity contribution >= 4 is 23.0 Å². The Kier molecular flexibility index (Phi) is 5.08. The quantitative estimate of drug-likeness (QED) is 0.691. The SMILES string of the molecule is Cc1cc(C2=CCNCC2)c2nc(NC3CCN(c4cc(C)ncn4)CC3)nn2c1. The van der Waals surface area contributed by atoms with Crippen LogP contribution in [0.4, 0.5) is 11.8 Å². The first-order valence-corrected chi connectivity index (χ1v) is 10.7. The fourth-order valence-electron chi connectivity index (χ4n) is 4.33. The van der Waals surface area contributed by atoms with Gasteiger partial charge in [0.05, 0.1) is 0 Å². The molecule has 1 saturated heterocycles. The van der Waals surface area contributed by atoms with Gasteiger partial charge in [-0.3, -0.25) is 0 Å². The summed E-state index contributed by atoms with van der Waals surface area (Å²) in [7, 11) is 0. The zero-order valence-corrected chi connectivity index (χ0v) is 17.6. The largest absolute Gasteiger partial charge is 0.356 e. The average molecular weight is 405 g/mol. The van der Waals surface area contributed by atoms with Crippen molar-refractivity contribution in [3.05, 3.63) is 47.6 Å². The standard InChI is InChI=1S/C22H28N8/c1-15-11-19(17-3-7-23-8-4-17)21-27-22(28-30(21)13-15)26-18-5-9-29(10-6-18)20-12-16(2)24-14-25-20/h3,11-14,18,23H,4-10H2,1-2H3,(H,26,28). The van der Waals surface area contributed by atoms with E-state index in [9.17, 15) is 0 Å². The molecular weight excluding hydrogens is 376 g/mol. The Morgan fingerprint density at radius 3 is 2.77 bits per heavy atom. The summed E-state index contributed by atoms with van der Waals surface area (Å²) >= 11 is 0. The predicted octanol–water partition coefficient (Wildman–Crippen LogP) is 2.59. The van der Waals surface area contributed by atoms with E-state index < -0.39 is 0 Å². The lowest BCUT2D eigenvalue weighted by molar-refractivity contribution is 0.520. The molecule has 0 bridgehead atoms. The molecule has 0 amide bonds. The maximum absolute atomic E-state index is 4.86. The molecule has 3 aromatic heterocycles. The molecule has 0 aromatic carbocycles. The van der Waals surface area contributed by atoms with Crippen LogP contribution in [-0.4, -0.2) is 56.8 Å². The molecule has 0 spiro atoms. The summed E-state index contributed by atoms with van der Waals surface area (Å²) in [5.41, 5.74) is 5.69. The van der Waals surface area contributed by atoms with Crippen LogP contribution in [0.2, 0.25) is 0 Å². The molecule has 30 heavy (non-hydrogen) atoms. The number of nitrogens with zero attached hydrogens (tertiary/aromatic N) is 6. The van der Waals surface area contributed by atoms with Gasteiger partial charge in [-0.05, 0) is 56.9 Å². The minimum absolute atomic E-state index is 0.365. The lowest BCUT2D eigenvalue weighted by Crippen LogP contribution is -2.39. The van der Waals surface area contributed by atoms with E-state index in [4.69, 9.17) is 10.1 Å². The first-order valence-electron chi connectivity index (χ1n) is 10.7. The van der Waals surface area contributed by atoms with Crippen LogP contribution in [0.3, 0.4) is 0 Å². The number of hydrogen-bond acceptors (Lipinski definition) is 7. The monoisotopic (exact) mass is 404 g/mol. The van der Waals surface area contributed by atoms with Crippen molar-refractivity contribution in [1.82, 2.24) is 29.9 Å². The molecule has 0 saturated carbocycles. The number of hydrogen-bond donors (Lipinski definition) is 2. The summed E-state index contributed by atoms with van der Waals surface area (Å²) < 4.78 is 1.93. The second-order valence-corrected chi connectivity index (χ2v) is 8.24. The van der Waals surface area contributed by atoms with Gasteiger partial charge in [0, 0.05) is 49.2 Å². The van der Waals surface area contributed by atoms with Crippen molar-refractivity contribution in [3.8, 4) is 0 Å². The van der Waals surface area contributed by atoms with E-state index in [0.717, 1.165) is 62.6 Å². The van der Waals surface area contributed by atoms with Crippen molar-refractivity contribution in [2.75, 3.05) is 36.4 Å². The van der Waals surface area contributed by atoms with Gasteiger partial charge in [0.1, 0.15) is 12.1 Å². The summed E-state index contributed by atoms with van der Waals surface area (Å²) in [5.74, 6) is 1.73. The minimum Gasteiger partial charge on any atom is -0.356 e. The van der Waals surface area contributed by atoms with Gasteiger partial charge < -0.3 is 15.5 Å². The third kappa shape index (κ3) is 3.87. The predicted molar refractivity (Wildman–Crippen MR) is 119 cm³/mol. The van der Waals surface area contributed by atoms with Gasteiger partial charge >= 0.3 is 0 Å². The number of aryl methyl sites for hydroxylation is 2. The molecule has 3 aromatic rings. The van der Waals surface area contributed by atoms with Crippen LogP contribution in [0, 0.1) is 13.8 Å². The molecule has 8 heteroatoms. The van der Waals surface area contributed by atoms with Crippen molar-refractivity contribution in [3.63, 3.8) is 0 Å². The summed E-state index contributed by atoms with van der Waals surface area (Å²) in [6.07, 6.45) is 9.05. The molecule has 2 aliphatic rings. The third-order valence-electron chi connectivity index (χ3n) is 5.92. The van der Waals surface area contributed by atoms with Gasteiger partial charge in [0.15, 0.2) is 5.65 Å². The van der Waals surface area contributed by atoms with Gasteiger partial charge in [-0.2, -0.15) is 4.98 Å². The fraction of sp³-hybridized carbons (Fsp3) is 0.455. The van der Waals surface area contributed by atoms with E-state index in [2.05, 4.69) is 56.8 Å². The Hall–Kier alpha value is -3.00. The first-order chi connectivity index (χ1) is 14.7. The van der Waals surface area contributed by atoms with Crippen molar-refractivity contribution < 1.29 is 0 Å². The second kappa shape index (κ2) is 8.02. The van der Waals surface area contributed by atoms with Crippen molar-refractivity contribution in [2.45, 2.75) is 39.2 Å². The van der Waals surface area contributed by atoms with Crippen molar-refractivity contribution in [2.24, 2.45) is 0 Å². The lowest BCUT2D eigenvalue weighted by atomic mass is 10.0. The lowest BCUT2D eigenvalue weighted by Gasteiger charge is -2.32. The maximum Gasteiger partial charge on any atom is 0.243 e. The molecule has 2 aliphatic heterocycles. The zero-order valence-electron chi connectivity index (χ0n) is 17.6. The molecule has 0 unspecified atom stereocenters. The average Bonchev–Trinajstić information content (AvgIpc) is 3.16. The number of piperidine rings is 1. The number of aromatic nitrogens is 5. The molecule has 8 nitrogen and oxygen atoms in total. The van der Waals surface area contributed by atoms with E-state index in [1.54, 1.807) is 6.33 Å². The molecule has 1 fully saturated rings. The molecule has 0 radical (unpaired) electrons. The van der Waals surface area contributed by atoms with Crippen LogP contribution in [0.25, 0.3) is 11.2 Å². The first kappa shape index (κ1) is 19.0. The molecule has 0 atom stereocenters. The molecule has 5 heterocycles. The highest BCUT2D eigenvalue weighted by molar-refractivity contribution is 5.77. The summed E-state index contributed by atoms with van der Waals surface area (Å²) in [4.78, 5) is 15.8. The molecule has 0 aliphatic carbocycles. The molecule has 5 rings (SSSR count). The Labute approximate surface area is 176 Å². The van der Waals surface area contributed by atoms with E-state index in [1.165, 1.54) is 16.7 Å². The highest BCUT2D eigenvalue weighted by atomic mass is 15.4. The number of fused-ring (bicyclic) bond motifs is 1. The highest BCUT2D eigenvalue weighted by Gasteiger charge is 2.22. The summed E-state index contributed by atoms with van der Waals surface area (Å²) in [5, 5.41) is 11.7. The summed E-state index contributed by atoms with van der Waals surface area (Å²) in [6, 6.07) is 4.65. The second-order valence-electron chi connectivity index (χ2n) is 8.24. The van der Waals surface area contributed by atoms with E-state index >= 15 is 0 Å². The van der Waals surface area contributed by atoms with Gasteiger partial charge in [-0.1, -0.05) is 6.08 Å². The van der Waals surface area contributed by atoms with Gasteiger partial charge in [-0.15, -0.1) is 5.10 Å². The Morgan fingerprint density at radius 1 is 1.13 bits per heavy atom. The summed E-state index contributed by atoms with van der Waals surface area (Å²) in [6.45, 7) is 7.97. The zero-order chi connectivity index (χ0) is 20.5. The number of anilines is 2. The highest BCUT2D eigenvalue weighted by Crippen LogP contribution is 2.26. The van der Waals surface area contributed by atoms with Crippen LogP contribution in [-0.2, 0) is 0 Å². The van der Waals surface area contributed by atoms with Crippen LogP contribution >= 0.6 is 0 Å². The smallest absolute Gasteiger partial charge is 0.243 e. The molecule has 156 valence electrons. The number of nitrogens with one attached hydrogen (secondary N) is 2. The Bertz CT molecular complexity index is 1080. The van der Waals surface area contributed by atoms with Gasteiger partial charge in [-0.25, -0.2) is 14.5 Å². The van der Waals surface area contributed by atoms with Crippen LogP contribution in [0.5, 0.6) is 0 Å². The topological polar surface area (TPSA) is 83.3 Å². The van der Waals surface area contributed by atoms with Gasteiger partial charge in [0.2, 0.25) is 5.95 Å². The molecule has 2 N–H and O–H groups in total. The van der Waals surface area contributed by atoms with Crippen molar-refractivity contribution in [1.29, 1.82) is 0 Å². The van der Waals surface area contributed by atoms with E-state index in [1.807, 2.05) is 11.4 Å². The van der Waals surface area contributed by atoms with Gasteiger partial charge in [0.25, 0.3) is 0 Å². The normalized spacial score (nSPS) is 17.9. The van der Waals surface area contributed by atoms with Crippen LogP contribution in [0.15, 0.2) is 30.7 Å². The van der Waals surface area contributed by atoms with Crippen LogP contribution in [0.1, 0.15) is 36.1 Å². The Balaban J connectivity index is 1.31. The van der Waals surface area contributed by atoms with E-state index in [-0.39, 0.29) is 0 Å². The molecular formula is C22H28N8. The van der Waals surface area contributed by atoms with Crippen LogP contribution < -0.4 is 15.5 Å². The minimum atomic E-state index is 0.365. The Morgan fingerprint density at radius 2 is 2.00 bits per heavy atom. The number of pyridine rings is 1. The fourth-order valence-corrected chi connectivity index (χ4v) is 4.33. The van der Waals surface area contributed by atoms with E-state index in [0.29, 0.717) is 12.0 Å². The number of rotatable bonds is 4. The maximum atomic E-state index is 4.86.